The summed E-state index contributed by atoms with van der Waals surface area (Å²) < 4.78 is 4.98. The van der Waals surface area contributed by atoms with Crippen LogP contribution in [-0.4, -0.2) is 54.4 Å². The number of hydrogen-bond donors (Lipinski definition) is 2. The number of aliphatic carboxylic acids is 1. The second kappa shape index (κ2) is 7.33. The molecule has 2 amide bonds. The molecule has 19 heavy (non-hydrogen) atoms. The van der Waals surface area contributed by atoms with Gasteiger partial charge in [-0.05, 0) is 25.2 Å². The van der Waals surface area contributed by atoms with Gasteiger partial charge in [-0.2, -0.15) is 0 Å². The highest BCUT2D eigenvalue weighted by Gasteiger charge is 2.34. The Morgan fingerprint density at radius 3 is 2.47 bits per heavy atom. The number of methoxy groups -OCH3 is 1. The van der Waals surface area contributed by atoms with Crippen molar-refractivity contribution in [2.45, 2.75) is 45.2 Å². The first kappa shape index (κ1) is 15.8. The first-order valence-electron chi connectivity index (χ1n) is 6.74. The van der Waals surface area contributed by atoms with E-state index in [0.717, 1.165) is 12.8 Å². The summed E-state index contributed by atoms with van der Waals surface area (Å²) in [5.41, 5.74) is 0. The molecule has 1 rings (SSSR count). The zero-order valence-corrected chi connectivity index (χ0v) is 11.9. The number of nitrogens with one attached hydrogen (secondary N) is 1. The van der Waals surface area contributed by atoms with Crippen molar-refractivity contribution in [1.29, 1.82) is 0 Å². The predicted octanol–water partition coefficient (Wildman–Crippen LogP) is 1.31. The first-order valence-corrected chi connectivity index (χ1v) is 6.74. The molecule has 0 bridgehead atoms. The molecule has 6 heteroatoms. The average Bonchev–Trinajstić information content (AvgIpc) is 3.12. The van der Waals surface area contributed by atoms with E-state index in [1.165, 1.54) is 0 Å². The van der Waals surface area contributed by atoms with Crippen LogP contribution < -0.4 is 5.32 Å². The molecule has 0 heterocycles. The lowest BCUT2D eigenvalue weighted by Crippen LogP contribution is -2.50. The standard InChI is InChI=1S/C13H24N2O4/c1-9(2)8-11(12(16)17)14-13(18)15(6-7-19-3)10-4-5-10/h9-11H,4-8H2,1-3H3,(H,14,18)(H,16,17)/t11-/m0/s1. The highest BCUT2D eigenvalue weighted by molar-refractivity contribution is 5.82. The van der Waals surface area contributed by atoms with E-state index in [0.29, 0.717) is 19.6 Å². The maximum absolute atomic E-state index is 12.1. The van der Waals surface area contributed by atoms with Gasteiger partial charge in [0.25, 0.3) is 0 Å². The fourth-order valence-corrected chi connectivity index (χ4v) is 1.95. The summed E-state index contributed by atoms with van der Waals surface area (Å²) in [5, 5.41) is 11.7. The summed E-state index contributed by atoms with van der Waals surface area (Å²) >= 11 is 0. The molecule has 1 aliphatic rings. The number of carbonyl (C=O) groups excluding carboxylic acids is 1. The maximum Gasteiger partial charge on any atom is 0.326 e. The van der Waals surface area contributed by atoms with Crippen molar-refractivity contribution in [3.8, 4) is 0 Å². The Balaban J connectivity index is 2.54. The predicted molar refractivity (Wildman–Crippen MR) is 71.0 cm³/mol. The number of urea groups is 1. The van der Waals surface area contributed by atoms with E-state index in [4.69, 9.17) is 9.84 Å². The Labute approximate surface area is 114 Å². The van der Waals surface area contributed by atoms with Crippen LogP contribution in [0.5, 0.6) is 0 Å². The van der Waals surface area contributed by atoms with Gasteiger partial charge in [0.2, 0.25) is 0 Å². The SMILES string of the molecule is COCCN(C(=O)N[C@@H](CC(C)C)C(=O)O)C1CC1. The number of carbonyl (C=O) groups is 2. The van der Waals surface area contributed by atoms with Crippen LogP contribution in [0.15, 0.2) is 0 Å². The Hall–Kier alpha value is -1.30. The lowest BCUT2D eigenvalue weighted by molar-refractivity contribution is -0.139. The van der Waals surface area contributed by atoms with Crippen LogP contribution in [-0.2, 0) is 9.53 Å². The van der Waals surface area contributed by atoms with E-state index < -0.39 is 12.0 Å². The van der Waals surface area contributed by atoms with Gasteiger partial charge in [0, 0.05) is 19.7 Å². The van der Waals surface area contributed by atoms with Crippen molar-refractivity contribution >= 4 is 12.0 Å². The largest absolute Gasteiger partial charge is 0.480 e. The van der Waals surface area contributed by atoms with E-state index in [-0.39, 0.29) is 18.0 Å². The van der Waals surface area contributed by atoms with Crippen LogP contribution >= 0.6 is 0 Å². The Kier molecular flexibility index (Phi) is 6.08. The lowest BCUT2D eigenvalue weighted by Gasteiger charge is -2.25. The van der Waals surface area contributed by atoms with Gasteiger partial charge < -0.3 is 20.1 Å². The van der Waals surface area contributed by atoms with Gasteiger partial charge in [0.15, 0.2) is 0 Å². The van der Waals surface area contributed by atoms with E-state index in [9.17, 15) is 9.59 Å². The van der Waals surface area contributed by atoms with Crippen LogP contribution in [0, 0.1) is 5.92 Å². The second-order valence-corrected chi connectivity index (χ2v) is 5.39. The van der Waals surface area contributed by atoms with Crippen LogP contribution in [0.4, 0.5) is 4.79 Å². The Bertz CT molecular complexity index is 316. The molecule has 1 saturated carbocycles. The van der Waals surface area contributed by atoms with E-state index >= 15 is 0 Å². The Morgan fingerprint density at radius 2 is 2.05 bits per heavy atom. The molecule has 2 N–H and O–H groups in total. The van der Waals surface area contributed by atoms with Gasteiger partial charge in [-0.1, -0.05) is 13.8 Å². The summed E-state index contributed by atoms with van der Waals surface area (Å²) in [5.74, 6) is -0.765. The zero-order valence-electron chi connectivity index (χ0n) is 11.9. The highest BCUT2D eigenvalue weighted by Crippen LogP contribution is 2.26. The number of rotatable bonds is 8. The van der Waals surface area contributed by atoms with Crippen LogP contribution in [0.3, 0.4) is 0 Å². The molecule has 0 aromatic carbocycles. The molecule has 0 spiro atoms. The van der Waals surface area contributed by atoms with E-state index in [2.05, 4.69) is 5.32 Å². The lowest BCUT2D eigenvalue weighted by atomic mass is 10.0. The third-order valence-corrected chi connectivity index (χ3v) is 3.09. The topological polar surface area (TPSA) is 78.9 Å². The summed E-state index contributed by atoms with van der Waals surface area (Å²) in [7, 11) is 1.59. The maximum atomic E-state index is 12.1. The molecule has 1 fully saturated rings. The summed E-state index contributed by atoms with van der Waals surface area (Å²) in [4.78, 5) is 24.9. The number of hydrogen-bond acceptors (Lipinski definition) is 3. The van der Waals surface area contributed by atoms with E-state index in [1.54, 1.807) is 12.0 Å². The molecular weight excluding hydrogens is 248 g/mol. The van der Waals surface area contributed by atoms with Gasteiger partial charge in [0.05, 0.1) is 6.61 Å². The number of carboxylic acids is 1. The van der Waals surface area contributed by atoms with Crippen LogP contribution in [0.25, 0.3) is 0 Å². The number of carboxylic acid groups (broad SMARTS) is 1. The van der Waals surface area contributed by atoms with Gasteiger partial charge in [-0.3, -0.25) is 0 Å². The average molecular weight is 272 g/mol. The molecule has 0 aliphatic heterocycles. The molecule has 110 valence electrons. The number of amides is 2. The summed E-state index contributed by atoms with van der Waals surface area (Å²) in [6, 6.07) is -0.882. The van der Waals surface area contributed by atoms with Gasteiger partial charge in [-0.15, -0.1) is 0 Å². The minimum Gasteiger partial charge on any atom is -0.480 e. The number of nitrogens with zero attached hydrogens (tertiary/aromatic N) is 1. The molecule has 0 unspecified atom stereocenters. The summed E-state index contributed by atoms with van der Waals surface area (Å²) in [6.07, 6.45) is 2.40. The van der Waals surface area contributed by atoms with Crippen molar-refractivity contribution in [2.75, 3.05) is 20.3 Å². The molecule has 0 saturated heterocycles. The molecule has 0 radical (unpaired) electrons. The number of ether oxygens (including phenoxy) is 1. The third kappa shape index (κ3) is 5.46. The third-order valence-electron chi connectivity index (χ3n) is 3.09. The van der Waals surface area contributed by atoms with Crippen molar-refractivity contribution in [3.63, 3.8) is 0 Å². The minimum atomic E-state index is -0.982. The van der Waals surface area contributed by atoms with Gasteiger partial charge >= 0.3 is 12.0 Å². The van der Waals surface area contributed by atoms with Crippen molar-refractivity contribution < 1.29 is 19.4 Å². The van der Waals surface area contributed by atoms with Gasteiger partial charge in [-0.25, -0.2) is 9.59 Å². The zero-order chi connectivity index (χ0) is 14.4. The normalized spacial score (nSPS) is 16.2. The molecule has 6 nitrogen and oxygen atoms in total. The first-order chi connectivity index (χ1) is 8.95. The smallest absolute Gasteiger partial charge is 0.326 e. The van der Waals surface area contributed by atoms with Crippen molar-refractivity contribution in [1.82, 2.24) is 10.2 Å². The quantitative estimate of drug-likeness (QED) is 0.698. The second-order valence-electron chi connectivity index (χ2n) is 5.39. The molecule has 0 aromatic rings. The van der Waals surface area contributed by atoms with Crippen LogP contribution in [0.2, 0.25) is 0 Å². The summed E-state index contributed by atoms with van der Waals surface area (Å²) in [6.45, 7) is 4.84. The molecule has 1 aliphatic carbocycles. The minimum absolute atomic E-state index is 0.217. The fraction of sp³-hybridized carbons (Fsp3) is 0.846. The monoisotopic (exact) mass is 272 g/mol. The van der Waals surface area contributed by atoms with Gasteiger partial charge in [0.1, 0.15) is 6.04 Å². The fourth-order valence-electron chi connectivity index (χ4n) is 1.95. The van der Waals surface area contributed by atoms with Crippen molar-refractivity contribution in [2.24, 2.45) is 5.92 Å². The Morgan fingerprint density at radius 1 is 1.42 bits per heavy atom. The van der Waals surface area contributed by atoms with E-state index in [1.807, 2.05) is 13.8 Å². The van der Waals surface area contributed by atoms with Crippen LogP contribution in [0.1, 0.15) is 33.1 Å². The highest BCUT2D eigenvalue weighted by atomic mass is 16.5. The van der Waals surface area contributed by atoms with Crippen molar-refractivity contribution in [3.05, 3.63) is 0 Å². The molecule has 1 atom stereocenters. The molecule has 0 aromatic heterocycles. The molecular formula is C13H24N2O4.